The Morgan fingerprint density at radius 3 is 2.30 bits per heavy atom. The van der Waals surface area contributed by atoms with Crippen molar-refractivity contribution in [2.75, 3.05) is 16.2 Å². The number of nitrogens with one attached hydrogen (secondary N) is 1. The maximum absolute atomic E-state index is 12.7. The molecule has 0 aliphatic carbocycles. The largest absolute Gasteiger partial charge is 0.755 e. The van der Waals surface area contributed by atoms with Gasteiger partial charge in [0.25, 0.3) is 5.91 Å². The molecule has 0 saturated carbocycles. The minimum absolute atomic E-state index is 0.0491. The molecule has 1 amide bonds. The molecule has 0 saturated heterocycles. The van der Waals surface area contributed by atoms with Gasteiger partial charge in [-0.1, -0.05) is 58.4 Å². The van der Waals surface area contributed by atoms with E-state index in [9.17, 15) is 13.6 Å². The van der Waals surface area contributed by atoms with E-state index in [2.05, 4.69) is 31.1 Å². The highest BCUT2D eigenvalue weighted by Crippen LogP contribution is 2.30. The maximum atomic E-state index is 12.7. The topological polar surface area (TPSA) is 85.4 Å². The number of aromatic nitrogens is 1. The SMILES string of the molecule is CCCCN(c1cccnc1-c1ccc(C(=O)Nc2ccc(C(C)(C)C)cc2)cc1)S(=O)[O-]. The summed E-state index contributed by atoms with van der Waals surface area (Å²) in [4.78, 5) is 17.1. The van der Waals surface area contributed by atoms with Crippen LogP contribution in [0.25, 0.3) is 11.3 Å². The fraction of sp³-hybridized carbons (Fsp3) is 0.308. The van der Waals surface area contributed by atoms with Gasteiger partial charge < -0.3 is 14.2 Å². The van der Waals surface area contributed by atoms with Gasteiger partial charge in [0, 0.05) is 40.8 Å². The van der Waals surface area contributed by atoms with Gasteiger partial charge in [0.05, 0.1) is 11.4 Å². The van der Waals surface area contributed by atoms with Crippen LogP contribution in [-0.4, -0.2) is 26.2 Å². The van der Waals surface area contributed by atoms with E-state index >= 15 is 0 Å². The van der Waals surface area contributed by atoms with E-state index in [0.717, 1.165) is 24.1 Å². The van der Waals surface area contributed by atoms with Crippen molar-refractivity contribution in [2.24, 2.45) is 0 Å². The highest BCUT2D eigenvalue weighted by atomic mass is 32.2. The second kappa shape index (κ2) is 10.7. The minimum Gasteiger partial charge on any atom is -0.755 e. The molecule has 0 fully saturated rings. The predicted molar refractivity (Wildman–Crippen MR) is 134 cm³/mol. The highest BCUT2D eigenvalue weighted by Gasteiger charge is 2.16. The number of hydrogen-bond acceptors (Lipinski definition) is 4. The number of carbonyl (C=O) groups excluding carboxylic acids is 1. The second-order valence-corrected chi connectivity index (χ2v) is 9.78. The average molecular weight is 465 g/mol. The van der Waals surface area contributed by atoms with Gasteiger partial charge in [-0.05, 0) is 53.8 Å². The van der Waals surface area contributed by atoms with Gasteiger partial charge in [-0.2, -0.15) is 0 Å². The fourth-order valence-electron chi connectivity index (χ4n) is 3.43. The van der Waals surface area contributed by atoms with Crippen molar-refractivity contribution < 1.29 is 13.6 Å². The Morgan fingerprint density at radius 1 is 1.06 bits per heavy atom. The average Bonchev–Trinajstić information content (AvgIpc) is 2.79. The first-order chi connectivity index (χ1) is 15.7. The third kappa shape index (κ3) is 6.27. The van der Waals surface area contributed by atoms with E-state index in [4.69, 9.17) is 0 Å². The van der Waals surface area contributed by atoms with Crippen LogP contribution < -0.4 is 9.62 Å². The molecule has 174 valence electrons. The number of rotatable bonds is 8. The molecule has 1 N–H and O–H groups in total. The Labute approximate surface area is 198 Å². The lowest BCUT2D eigenvalue weighted by molar-refractivity contribution is 0.102. The molecule has 1 aromatic heterocycles. The Balaban J connectivity index is 1.79. The zero-order valence-electron chi connectivity index (χ0n) is 19.5. The molecular formula is C26H30N3O3S-. The first-order valence-corrected chi connectivity index (χ1v) is 12.1. The summed E-state index contributed by atoms with van der Waals surface area (Å²) in [5.74, 6) is -0.212. The van der Waals surface area contributed by atoms with Gasteiger partial charge in [0.15, 0.2) is 0 Å². The second-order valence-electron chi connectivity index (χ2n) is 8.90. The molecule has 3 rings (SSSR count). The van der Waals surface area contributed by atoms with Crippen molar-refractivity contribution in [3.05, 3.63) is 78.0 Å². The van der Waals surface area contributed by atoms with E-state index in [-0.39, 0.29) is 11.3 Å². The van der Waals surface area contributed by atoms with Crippen molar-refractivity contribution in [3.63, 3.8) is 0 Å². The normalized spacial score (nSPS) is 12.3. The Morgan fingerprint density at radius 2 is 1.73 bits per heavy atom. The van der Waals surface area contributed by atoms with Gasteiger partial charge in [-0.25, -0.2) is 0 Å². The third-order valence-corrected chi connectivity index (χ3v) is 6.12. The number of nitrogens with zero attached hydrogens (tertiary/aromatic N) is 2. The van der Waals surface area contributed by atoms with Crippen LogP contribution in [0.3, 0.4) is 0 Å². The standard InChI is InChI=1S/C26H31N3O3S/c1-5-6-18-29(33(31)32)23-8-7-17-27-24(23)19-9-11-20(12-10-19)25(30)28-22-15-13-21(14-16-22)26(2,3)4/h7-17H,5-6,18H2,1-4H3,(H,28,30)(H,31,32)/p-1. The zero-order valence-corrected chi connectivity index (χ0v) is 20.3. The summed E-state index contributed by atoms with van der Waals surface area (Å²) in [6, 6.07) is 18.3. The number of amides is 1. The van der Waals surface area contributed by atoms with E-state index in [1.54, 1.807) is 42.6 Å². The van der Waals surface area contributed by atoms with Gasteiger partial charge in [0.1, 0.15) is 0 Å². The molecule has 7 heteroatoms. The highest BCUT2D eigenvalue weighted by molar-refractivity contribution is 7.80. The Bertz CT molecular complexity index is 1110. The van der Waals surface area contributed by atoms with Crippen LogP contribution >= 0.6 is 0 Å². The quantitative estimate of drug-likeness (QED) is 0.433. The summed E-state index contributed by atoms with van der Waals surface area (Å²) in [7, 11) is 0. The molecule has 33 heavy (non-hydrogen) atoms. The summed E-state index contributed by atoms with van der Waals surface area (Å²) in [6.07, 6.45) is 3.26. The van der Waals surface area contributed by atoms with E-state index < -0.39 is 11.3 Å². The van der Waals surface area contributed by atoms with E-state index in [1.165, 1.54) is 9.87 Å². The van der Waals surface area contributed by atoms with Gasteiger partial charge in [-0.15, -0.1) is 0 Å². The molecule has 0 aliphatic rings. The maximum Gasteiger partial charge on any atom is 0.255 e. The molecule has 1 atom stereocenters. The third-order valence-electron chi connectivity index (χ3n) is 5.38. The van der Waals surface area contributed by atoms with Crippen molar-refractivity contribution >= 4 is 28.5 Å². The van der Waals surface area contributed by atoms with Gasteiger partial charge in [0.2, 0.25) is 0 Å². The number of pyridine rings is 1. The summed E-state index contributed by atoms with van der Waals surface area (Å²) in [5, 5.41) is 2.92. The molecule has 1 heterocycles. The van der Waals surface area contributed by atoms with E-state index in [1.807, 2.05) is 31.2 Å². The summed E-state index contributed by atoms with van der Waals surface area (Å²) in [6.45, 7) is 8.84. The predicted octanol–water partition coefficient (Wildman–Crippen LogP) is 5.70. The Kier molecular flexibility index (Phi) is 8.00. The van der Waals surface area contributed by atoms with Gasteiger partial charge >= 0.3 is 0 Å². The summed E-state index contributed by atoms with van der Waals surface area (Å²) < 4.78 is 25.0. The molecule has 3 aromatic rings. The monoisotopic (exact) mass is 464 g/mol. The number of unbranched alkanes of at least 4 members (excludes halogenated alkanes) is 1. The lowest BCUT2D eigenvalue weighted by Crippen LogP contribution is -2.27. The van der Waals surface area contributed by atoms with Crippen LogP contribution in [0, 0.1) is 0 Å². The molecule has 0 radical (unpaired) electrons. The molecule has 1 unspecified atom stereocenters. The molecular weight excluding hydrogens is 434 g/mol. The number of benzene rings is 2. The van der Waals surface area contributed by atoms with Crippen LogP contribution in [0.15, 0.2) is 66.9 Å². The summed E-state index contributed by atoms with van der Waals surface area (Å²) >= 11 is -2.40. The first-order valence-electron chi connectivity index (χ1n) is 11.0. The van der Waals surface area contributed by atoms with Crippen LogP contribution in [0.1, 0.15) is 56.5 Å². The molecule has 0 bridgehead atoms. The lowest BCUT2D eigenvalue weighted by atomic mass is 9.87. The first kappa shape index (κ1) is 24.6. The smallest absolute Gasteiger partial charge is 0.255 e. The molecule has 2 aromatic carbocycles. The molecule has 0 spiro atoms. The van der Waals surface area contributed by atoms with Crippen molar-refractivity contribution in [1.29, 1.82) is 0 Å². The van der Waals surface area contributed by atoms with Crippen LogP contribution in [0.4, 0.5) is 11.4 Å². The number of hydrogen-bond donors (Lipinski definition) is 1. The molecule has 0 aliphatic heterocycles. The van der Waals surface area contributed by atoms with Crippen molar-refractivity contribution in [1.82, 2.24) is 4.98 Å². The number of carbonyl (C=O) groups is 1. The summed E-state index contributed by atoms with van der Waals surface area (Å²) in [5.41, 5.74) is 4.30. The van der Waals surface area contributed by atoms with Crippen LogP contribution in [0.2, 0.25) is 0 Å². The van der Waals surface area contributed by atoms with Crippen molar-refractivity contribution in [3.8, 4) is 11.3 Å². The van der Waals surface area contributed by atoms with Crippen LogP contribution in [0.5, 0.6) is 0 Å². The number of anilines is 2. The van der Waals surface area contributed by atoms with Crippen molar-refractivity contribution in [2.45, 2.75) is 46.0 Å². The van der Waals surface area contributed by atoms with E-state index in [0.29, 0.717) is 23.5 Å². The van der Waals surface area contributed by atoms with Gasteiger partial charge in [-0.3, -0.25) is 14.0 Å². The minimum atomic E-state index is -2.40. The van der Waals surface area contributed by atoms with Crippen LogP contribution in [-0.2, 0) is 16.7 Å². The molecule has 6 nitrogen and oxygen atoms in total. The lowest BCUT2D eigenvalue weighted by Gasteiger charge is -2.27. The fourth-order valence-corrected chi connectivity index (χ4v) is 4.02. The zero-order chi connectivity index (χ0) is 24.0. The Hall–Kier alpha value is -3.03.